The Balaban J connectivity index is 2.26. The summed E-state index contributed by atoms with van der Waals surface area (Å²) in [5.41, 5.74) is 5.42. The minimum Gasteiger partial charge on any atom is -0.353 e. The molecule has 15 heavy (non-hydrogen) atoms. The minimum absolute atomic E-state index is 0.0199. The first-order valence-corrected chi connectivity index (χ1v) is 5.49. The first-order valence-electron chi connectivity index (χ1n) is 5.49. The Labute approximate surface area is 90.8 Å². The zero-order chi connectivity index (χ0) is 10.8. The molecule has 78 valence electrons. The fourth-order valence-corrected chi connectivity index (χ4v) is 2.98. The third-order valence-electron chi connectivity index (χ3n) is 3.64. The van der Waals surface area contributed by atoms with Crippen LogP contribution in [0.25, 0.3) is 5.57 Å². The number of epoxide rings is 1. The number of rotatable bonds is 0. The van der Waals surface area contributed by atoms with Gasteiger partial charge in [0.2, 0.25) is 0 Å². The van der Waals surface area contributed by atoms with Gasteiger partial charge in [-0.3, -0.25) is 0 Å². The van der Waals surface area contributed by atoms with Crippen molar-refractivity contribution in [3.05, 3.63) is 41.0 Å². The summed E-state index contributed by atoms with van der Waals surface area (Å²) < 4.78 is 5.97. The molecule has 1 aromatic rings. The number of hydrogen-bond acceptors (Lipinski definition) is 1. The van der Waals surface area contributed by atoms with Crippen LogP contribution in [-0.4, -0.2) is 5.60 Å². The molecular weight excluding hydrogens is 184 g/mol. The van der Waals surface area contributed by atoms with Gasteiger partial charge in [0.1, 0.15) is 11.2 Å². The van der Waals surface area contributed by atoms with Crippen molar-refractivity contribution in [2.75, 3.05) is 0 Å². The molecule has 0 saturated carbocycles. The van der Waals surface area contributed by atoms with Crippen LogP contribution in [0.2, 0.25) is 0 Å². The van der Waals surface area contributed by atoms with E-state index in [0.29, 0.717) is 0 Å². The summed E-state index contributed by atoms with van der Waals surface area (Å²) in [6, 6.07) is 8.58. The third-order valence-corrected chi connectivity index (χ3v) is 3.64. The Kier molecular flexibility index (Phi) is 1.44. The van der Waals surface area contributed by atoms with E-state index in [-0.39, 0.29) is 11.2 Å². The molecule has 2 aliphatic rings. The number of benzene rings is 1. The first-order chi connectivity index (χ1) is 7.01. The summed E-state index contributed by atoms with van der Waals surface area (Å²) in [7, 11) is 0. The lowest BCUT2D eigenvalue weighted by Gasteiger charge is -2.34. The Morgan fingerprint density at radius 1 is 1.13 bits per heavy atom. The van der Waals surface area contributed by atoms with Crippen LogP contribution < -0.4 is 0 Å². The van der Waals surface area contributed by atoms with Gasteiger partial charge in [-0.05, 0) is 44.4 Å². The Morgan fingerprint density at radius 2 is 1.73 bits per heavy atom. The van der Waals surface area contributed by atoms with E-state index in [0.717, 1.165) is 0 Å². The minimum atomic E-state index is -0.0809. The van der Waals surface area contributed by atoms with Gasteiger partial charge in [-0.15, -0.1) is 0 Å². The molecule has 0 bridgehead atoms. The topological polar surface area (TPSA) is 12.5 Å². The Morgan fingerprint density at radius 3 is 2.27 bits per heavy atom. The molecule has 1 aliphatic carbocycles. The molecule has 1 nitrogen and oxygen atoms in total. The van der Waals surface area contributed by atoms with Crippen molar-refractivity contribution in [3.63, 3.8) is 0 Å². The molecule has 1 heterocycles. The summed E-state index contributed by atoms with van der Waals surface area (Å²) in [6.45, 7) is 8.69. The molecule has 0 N–H and O–H groups in total. The molecule has 1 heteroatoms. The van der Waals surface area contributed by atoms with Crippen molar-refractivity contribution >= 4 is 5.57 Å². The highest BCUT2D eigenvalue weighted by Crippen LogP contribution is 2.70. The van der Waals surface area contributed by atoms with Crippen molar-refractivity contribution in [1.29, 1.82) is 0 Å². The first kappa shape index (κ1) is 9.17. The van der Waals surface area contributed by atoms with E-state index in [1.54, 1.807) is 0 Å². The molecule has 0 radical (unpaired) electrons. The highest BCUT2D eigenvalue weighted by Gasteiger charge is 2.72. The lowest BCUT2D eigenvalue weighted by molar-refractivity contribution is 0.299. The molecule has 1 saturated heterocycles. The van der Waals surface area contributed by atoms with E-state index in [9.17, 15) is 0 Å². The Bertz CT molecular complexity index is 478. The molecule has 1 aromatic carbocycles. The van der Waals surface area contributed by atoms with Crippen LogP contribution in [-0.2, 0) is 10.3 Å². The molecule has 1 aliphatic heterocycles. The maximum atomic E-state index is 5.97. The maximum Gasteiger partial charge on any atom is 0.148 e. The van der Waals surface area contributed by atoms with Crippen molar-refractivity contribution in [2.45, 2.75) is 38.9 Å². The van der Waals surface area contributed by atoms with E-state index in [1.807, 2.05) is 0 Å². The number of ether oxygens (including phenoxy) is 1. The van der Waals surface area contributed by atoms with E-state index >= 15 is 0 Å². The summed E-state index contributed by atoms with van der Waals surface area (Å²) in [5, 5.41) is 0. The fraction of sp³-hybridized carbons (Fsp3) is 0.429. The van der Waals surface area contributed by atoms with Crippen molar-refractivity contribution < 1.29 is 4.74 Å². The van der Waals surface area contributed by atoms with E-state index in [1.165, 1.54) is 22.3 Å². The van der Waals surface area contributed by atoms with Gasteiger partial charge in [0.15, 0.2) is 0 Å². The third kappa shape index (κ3) is 0.836. The van der Waals surface area contributed by atoms with Crippen LogP contribution in [0.3, 0.4) is 0 Å². The van der Waals surface area contributed by atoms with Crippen molar-refractivity contribution in [3.8, 4) is 0 Å². The van der Waals surface area contributed by atoms with Crippen LogP contribution in [0, 0.1) is 0 Å². The van der Waals surface area contributed by atoms with E-state index in [4.69, 9.17) is 4.74 Å². The highest BCUT2D eigenvalue weighted by molar-refractivity contribution is 5.91. The molecular formula is C14H16O. The maximum absolute atomic E-state index is 5.97. The van der Waals surface area contributed by atoms with Gasteiger partial charge in [0, 0.05) is 0 Å². The van der Waals surface area contributed by atoms with E-state index < -0.39 is 0 Å². The van der Waals surface area contributed by atoms with Crippen molar-refractivity contribution in [2.24, 2.45) is 0 Å². The quantitative estimate of drug-likeness (QED) is 0.584. The normalized spacial score (nSPS) is 29.7. The van der Waals surface area contributed by atoms with Gasteiger partial charge < -0.3 is 4.74 Å². The molecule has 1 fully saturated rings. The van der Waals surface area contributed by atoms with E-state index in [2.05, 4.69) is 52.0 Å². The predicted octanol–water partition coefficient (Wildman–Crippen LogP) is 3.50. The summed E-state index contributed by atoms with van der Waals surface area (Å²) >= 11 is 0. The second kappa shape index (κ2) is 2.35. The van der Waals surface area contributed by atoms with Crippen LogP contribution in [0.15, 0.2) is 29.8 Å². The SMILES string of the molecule is CC(C)=C1c2ccccc2C12OC2(C)C. The van der Waals surface area contributed by atoms with Gasteiger partial charge in [0.25, 0.3) is 0 Å². The second-order valence-corrected chi connectivity index (χ2v) is 5.21. The standard InChI is InChI=1S/C14H16O/c1-9(2)12-10-7-5-6-8-11(10)14(12)13(3,4)15-14/h5-8H,1-4H3. The van der Waals surface area contributed by atoms with Crippen LogP contribution >= 0.6 is 0 Å². The number of allylic oxidation sites excluding steroid dienone is 1. The van der Waals surface area contributed by atoms with Crippen LogP contribution in [0.4, 0.5) is 0 Å². The lowest BCUT2D eigenvalue weighted by Crippen LogP contribution is -2.31. The van der Waals surface area contributed by atoms with Crippen LogP contribution in [0.1, 0.15) is 38.8 Å². The smallest absolute Gasteiger partial charge is 0.148 e. The molecule has 1 spiro atoms. The van der Waals surface area contributed by atoms with Gasteiger partial charge in [-0.1, -0.05) is 29.8 Å². The molecule has 1 atom stereocenters. The zero-order valence-electron chi connectivity index (χ0n) is 9.72. The second-order valence-electron chi connectivity index (χ2n) is 5.21. The highest BCUT2D eigenvalue weighted by atomic mass is 16.6. The summed E-state index contributed by atoms with van der Waals surface area (Å²) in [4.78, 5) is 0. The molecule has 0 amide bonds. The number of fused-ring (bicyclic) bond motifs is 2. The van der Waals surface area contributed by atoms with Gasteiger partial charge in [-0.2, -0.15) is 0 Å². The average Bonchev–Trinajstić information content (AvgIpc) is 2.71. The lowest BCUT2D eigenvalue weighted by atomic mass is 9.66. The molecule has 1 unspecified atom stereocenters. The summed E-state index contributed by atoms with van der Waals surface area (Å²) in [6.07, 6.45) is 0. The predicted molar refractivity (Wildman–Crippen MR) is 61.6 cm³/mol. The van der Waals surface area contributed by atoms with Gasteiger partial charge >= 0.3 is 0 Å². The zero-order valence-corrected chi connectivity index (χ0v) is 9.72. The Hall–Kier alpha value is -1.08. The fourth-order valence-electron chi connectivity index (χ4n) is 2.98. The van der Waals surface area contributed by atoms with Crippen LogP contribution in [0.5, 0.6) is 0 Å². The van der Waals surface area contributed by atoms with Gasteiger partial charge in [0.05, 0.1) is 0 Å². The summed E-state index contributed by atoms with van der Waals surface area (Å²) in [5.74, 6) is 0. The molecule has 0 aromatic heterocycles. The van der Waals surface area contributed by atoms with Crippen molar-refractivity contribution in [1.82, 2.24) is 0 Å². The average molecular weight is 200 g/mol. The monoisotopic (exact) mass is 200 g/mol. The number of hydrogen-bond donors (Lipinski definition) is 0. The molecule has 3 rings (SSSR count). The van der Waals surface area contributed by atoms with Gasteiger partial charge in [-0.25, -0.2) is 0 Å². The largest absolute Gasteiger partial charge is 0.353 e.